The van der Waals surface area contributed by atoms with Crippen LogP contribution in [0.25, 0.3) is 11.0 Å². The van der Waals surface area contributed by atoms with Crippen LogP contribution in [-0.2, 0) is 19.5 Å². The number of hydrogen-bond acceptors (Lipinski definition) is 4. The Morgan fingerprint density at radius 2 is 1.96 bits per heavy atom. The normalized spacial score (nSPS) is 14.2. The van der Waals surface area contributed by atoms with Crippen molar-refractivity contribution >= 4 is 34.2 Å². The molecular weight excluding hydrogens is 385 g/mol. The highest BCUT2D eigenvalue weighted by atomic mass is 35.5. The van der Waals surface area contributed by atoms with E-state index in [9.17, 15) is 4.79 Å². The van der Waals surface area contributed by atoms with Gasteiger partial charge in [0.15, 0.2) is 0 Å². The molecule has 27 heavy (non-hydrogen) atoms. The van der Waals surface area contributed by atoms with Gasteiger partial charge in [-0.2, -0.15) is 0 Å². The third kappa shape index (κ3) is 3.45. The summed E-state index contributed by atoms with van der Waals surface area (Å²) < 4.78 is 11.5. The first kappa shape index (κ1) is 18.4. The highest BCUT2D eigenvalue weighted by Crippen LogP contribution is 2.36. The Morgan fingerprint density at radius 1 is 1.15 bits per heavy atom. The third-order valence-electron chi connectivity index (χ3n) is 4.93. The zero-order chi connectivity index (χ0) is 19.1. The fraction of sp³-hybridized carbons (Fsp3) is 0.286. The van der Waals surface area contributed by atoms with Crippen molar-refractivity contribution in [3.05, 3.63) is 73.1 Å². The molecule has 140 valence electrons. The van der Waals surface area contributed by atoms with Gasteiger partial charge in [0, 0.05) is 35.7 Å². The van der Waals surface area contributed by atoms with Crippen LogP contribution < -0.4 is 10.4 Å². The monoisotopic (exact) mass is 403 g/mol. The maximum atomic E-state index is 11.9. The van der Waals surface area contributed by atoms with Crippen LogP contribution in [0.5, 0.6) is 5.75 Å². The zero-order valence-corrected chi connectivity index (χ0v) is 16.7. The van der Waals surface area contributed by atoms with Crippen LogP contribution in [0.3, 0.4) is 0 Å². The number of hydrogen-bond donors (Lipinski definition) is 0. The molecule has 0 amide bonds. The van der Waals surface area contributed by atoms with E-state index in [1.807, 2.05) is 32.0 Å². The molecule has 0 aliphatic carbocycles. The lowest BCUT2D eigenvalue weighted by Crippen LogP contribution is -2.32. The average molecular weight is 404 g/mol. The van der Waals surface area contributed by atoms with Gasteiger partial charge in [0.05, 0.1) is 10.0 Å². The van der Waals surface area contributed by atoms with E-state index >= 15 is 0 Å². The summed E-state index contributed by atoms with van der Waals surface area (Å²) in [7, 11) is 0. The van der Waals surface area contributed by atoms with Gasteiger partial charge in [-0.3, -0.25) is 4.90 Å². The molecule has 0 unspecified atom stereocenters. The van der Waals surface area contributed by atoms with E-state index in [0.29, 0.717) is 28.9 Å². The second-order valence-corrected chi connectivity index (χ2v) is 7.63. The van der Waals surface area contributed by atoms with E-state index in [1.165, 1.54) is 0 Å². The van der Waals surface area contributed by atoms with E-state index in [-0.39, 0.29) is 5.63 Å². The van der Waals surface area contributed by atoms with Gasteiger partial charge in [-0.1, -0.05) is 36.2 Å². The molecule has 0 radical (unpaired) electrons. The van der Waals surface area contributed by atoms with Gasteiger partial charge in [0.2, 0.25) is 0 Å². The third-order valence-corrected chi connectivity index (χ3v) is 5.67. The molecule has 0 bridgehead atoms. The largest absolute Gasteiger partial charge is 0.477 e. The fourth-order valence-electron chi connectivity index (χ4n) is 3.62. The van der Waals surface area contributed by atoms with E-state index < -0.39 is 0 Å². The molecule has 0 atom stereocenters. The van der Waals surface area contributed by atoms with E-state index in [4.69, 9.17) is 32.4 Å². The highest BCUT2D eigenvalue weighted by molar-refractivity contribution is 6.42. The lowest BCUT2D eigenvalue weighted by atomic mass is 9.99. The molecule has 2 aromatic carbocycles. The molecule has 0 spiro atoms. The summed E-state index contributed by atoms with van der Waals surface area (Å²) in [5.41, 5.74) is 4.34. The Morgan fingerprint density at radius 3 is 2.70 bits per heavy atom. The van der Waals surface area contributed by atoms with Gasteiger partial charge in [0.25, 0.3) is 0 Å². The molecule has 0 saturated heterocycles. The Hall–Kier alpha value is -2.01. The van der Waals surface area contributed by atoms with Gasteiger partial charge in [-0.15, -0.1) is 0 Å². The topological polar surface area (TPSA) is 42.7 Å². The first-order valence-electron chi connectivity index (χ1n) is 8.84. The molecule has 4 rings (SSSR count). The molecule has 3 aromatic rings. The number of benzene rings is 2. The molecule has 4 nitrogen and oxygen atoms in total. The van der Waals surface area contributed by atoms with Crippen LogP contribution in [0, 0.1) is 6.92 Å². The summed E-state index contributed by atoms with van der Waals surface area (Å²) in [5.74, 6) is 0.810. The Kier molecular flexibility index (Phi) is 4.89. The first-order valence-corrected chi connectivity index (χ1v) is 9.60. The van der Waals surface area contributed by atoms with Crippen LogP contribution in [0.4, 0.5) is 0 Å². The molecule has 1 aromatic heterocycles. The Balaban J connectivity index is 1.69. The molecular formula is C21H19Cl2NO3. The van der Waals surface area contributed by atoms with Crippen molar-refractivity contribution in [2.24, 2.45) is 0 Å². The minimum absolute atomic E-state index is 0.320. The Labute approximate surface area is 167 Å². The van der Waals surface area contributed by atoms with Crippen molar-refractivity contribution < 1.29 is 9.15 Å². The molecule has 1 aliphatic heterocycles. The second kappa shape index (κ2) is 7.19. The number of ether oxygens (including phenoxy) is 1. The second-order valence-electron chi connectivity index (χ2n) is 6.82. The number of fused-ring (bicyclic) bond motifs is 2. The smallest absolute Gasteiger partial charge is 0.336 e. The summed E-state index contributed by atoms with van der Waals surface area (Å²) >= 11 is 12.1. The molecule has 2 heterocycles. The van der Waals surface area contributed by atoms with E-state index in [1.54, 1.807) is 6.07 Å². The highest BCUT2D eigenvalue weighted by Gasteiger charge is 2.23. The Bertz CT molecular complexity index is 1090. The predicted octanol–water partition coefficient (Wildman–Crippen LogP) is 5.32. The number of rotatable bonds is 3. The van der Waals surface area contributed by atoms with Gasteiger partial charge in [-0.25, -0.2) is 4.79 Å². The molecule has 0 N–H and O–H groups in total. The van der Waals surface area contributed by atoms with E-state index in [0.717, 1.165) is 46.4 Å². The standard InChI is InChI=1S/C21H19Cl2NO3/c1-3-14-8-19(25)27-21-12(2)20-15(7-16(14)21)10-24(11-26-20)9-13-4-5-17(22)18(23)6-13/h4-8H,3,9-11H2,1-2H3. The number of nitrogens with zero attached hydrogens (tertiary/aromatic N) is 1. The van der Waals surface area contributed by atoms with Gasteiger partial charge < -0.3 is 9.15 Å². The summed E-state index contributed by atoms with van der Waals surface area (Å²) in [6.07, 6.45) is 0.772. The summed E-state index contributed by atoms with van der Waals surface area (Å²) in [5, 5.41) is 2.08. The summed E-state index contributed by atoms with van der Waals surface area (Å²) in [4.78, 5) is 14.0. The van der Waals surface area contributed by atoms with Crippen molar-refractivity contribution in [1.82, 2.24) is 4.90 Å². The van der Waals surface area contributed by atoms with Gasteiger partial charge in [0.1, 0.15) is 18.1 Å². The van der Waals surface area contributed by atoms with Crippen molar-refractivity contribution in [2.75, 3.05) is 6.73 Å². The van der Waals surface area contributed by atoms with Crippen molar-refractivity contribution in [3.8, 4) is 5.75 Å². The van der Waals surface area contributed by atoms with Gasteiger partial charge in [-0.05, 0) is 42.7 Å². The van der Waals surface area contributed by atoms with Crippen LogP contribution in [0.2, 0.25) is 10.0 Å². The minimum Gasteiger partial charge on any atom is -0.477 e. The van der Waals surface area contributed by atoms with Crippen molar-refractivity contribution in [1.29, 1.82) is 0 Å². The zero-order valence-electron chi connectivity index (χ0n) is 15.1. The van der Waals surface area contributed by atoms with Crippen molar-refractivity contribution in [3.63, 3.8) is 0 Å². The van der Waals surface area contributed by atoms with Crippen LogP contribution in [0.15, 0.2) is 39.5 Å². The molecule has 1 aliphatic rings. The minimum atomic E-state index is -0.320. The number of aryl methyl sites for hydroxylation is 2. The van der Waals surface area contributed by atoms with E-state index in [2.05, 4.69) is 11.0 Å². The quantitative estimate of drug-likeness (QED) is 0.554. The SMILES string of the molecule is CCc1cc(=O)oc2c(C)c3c(cc12)CN(Cc1ccc(Cl)c(Cl)c1)CO3. The molecule has 6 heteroatoms. The lowest BCUT2D eigenvalue weighted by molar-refractivity contribution is 0.0881. The molecule has 0 fully saturated rings. The lowest BCUT2D eigenvalue weighted by Gasteiger charge is -2.30. The predicted molar refractivity (Wildman–Crippen MR) is 108 cm³/mol. The fourth-order valence-corrected chi connectivity index (χ4v) is 3.94. The van der Waals surface area contributed by atoms with Gasteiger partial charge >= 0.3 is 5.63 Å². The average Bonchev–Trinajstić information content (AvgIpc) is 2.65. The van der Waals surface area contributed by atoms with Crippen LogP contribution in [-0.4, -0.2) is 11.6 Å². The summed E-state index contributed by atoms with van der Waals surface area (Å²) in [6.45, 7) is 5.89. The van der Waals surface area contributed by atoms with Crippen LogP contribution >= 0.6 is 23.2 Å². The molecule has 0 saturated carbocycles. The maximum Gasteiger partial charge on any atom is 0.336 e. The number of halogens is 2. The first-order chi connectivity index (χ1) is 13.0. The summed E-state index contributed by atoms with van der Waals surface area (Å²) in [6, 6.07) is 9.32. The maximum absolute atomic E-state index is 11.9. The van der Waals surface area contributed by atoms with Crippen molar-refractivity contribution in [2.45, 2.75) is 33.4 Å². The van der Waals surface area contributed by atoms with Crippen LogP contribution in [0.1, 0.15) is 29.2 Å².